The number of methoxy groups -OCH3 is 1. The molecule has 1 aliphatic heterocycles. The van der Waals surface area contributed by atoms with E-state index in [2.05, 4.69) is 23.9 Å². The molecular weight excluding hydrogens is 194 g/mol. The molecule has 1 heterocycles. The van der Waals surface area contributed by atoms with Crippen molar-refractivity contribution in [3.8, 4) is 0 Å². The standard InChI is InChI=1S/C11H19NO3/c1-11(2)8-9(5-7-15-11)12-6-4-10(13)14-3/h4,6,9,12H,5,7-8H2,1-3H3/b6-4+. The summed E-state index contributed by atoms with van der Waals surface area (Å²) >= 11 is 0. The van der Waals surface area contributed by atoms with Gasteiger partial charge in [-0.1, -0.05) is 0 Å². The molecular formula is C11H19NO3. The Hall–Kier alpha value is -1.03. The van der Waals surface area contributed by atoms with Crippen LogP contribution in [0.1, 0.15) is 26.7 Å². The van der Waals surface area contributed by atoms with Gasteiger partial charge in [-0.2, -0.15) is 0 Å². The first kappa shape index (κ1) is 12.0. The maximum atomic E-state index is 10.8. The van der Waals surface area contributed by atoms with E-state index in [0.717, 1.165) is 19.4 Å². The zero-order valence-electron chi connectivity index (χ0n) is 9.58. The second-order valence-electron chi connectivity index (χ2n) is 4.32. The first-order valence-electron chi connectivity index (χ1n) is 5.18. The summed E-state index contributed by atoms with van der Waals surface area (Å²) in [6.07, 6.45) is 4.95. The molecule has 0 aliphatic carbocycles. The third kappa shape index (κ3) is 4.34. The van der Waals surface area contributed by atoms with Gasteiger partial charge in [0.2, 0.25) is 0 Å². The van der Waals surface area contributed by atoms with Crippen molar-refractivity contribution in [1.82, 2.24) is 5.32 Å². The number of hydrogen-bond acceptors (Lipinski definition) is 4. The van der Waals surface area contributed by atoms with Crippen LogP contribution in [-0.4, -0.2) is 31.3 Å². The van der Waals surface area contributed by atoms with Gasteiger partial charge in [0.25, 0.3) is 0 Å². The summed E-state index contributed by atoms with van der Waals surface area (Å²) in [5, 5.41) is 3.18. The number of carbonyl (C=O) groups is 1. The predicted molar refractivity (Wildman–Crippen MR) is 57.3 cm³/mol. The molecule has 86 valence electrons. The number of ether oxygens (including phenoxy) is 2. The number of hydrogen-bond donors (Lipinski definition) is 1. The normalized spacial score (nSPS) is 25.1. The molecule has 1 atom stereocenters. The van der Waals surface area contributed by atoms with Crippen LogP contribution >= 0.6 is 0 Å². The van der Waals surface area contributed by atoms with Crippen molar-refractivity contribution in [2.75, 3.05) is 13.7 Å². The van der Waals surface area contributed by atoms with Crippen molar-refractivity contribution in [3.05, 3.63) is 12.3 Å². The Morgan fingerprint density at radius 3 is 2.93 bits per heavy atom. The molecule has 4 nitrogen and oxygen atoms in total. The second kappa shape index (κ2) is 5.16. The Bertz CT molecular complexity index is 248. The van der Waals surface area contributed by atoms with Crippen LogP contribution in [0.5, 0.6) is 0 Å². The van der Waals surface area contributed by atoms with Crippen LogP contribution in [0.15, 0.2) is 12.3 Å². The van der Waals surface area contributed by atoms with Crippen molar-refractivity contribution in [2.24, 2.45) is 0 Å². The fraction of sp³-hybridized carbons (Fsp3) is 0.727. The van der Waals surface area contributed by atoms with Crippen LogP contribution in [0.4, 0.5) is 0 Å². The Morgan fingerprint density at radius 1 is 1.60 bits per heavy atom. The van der Waals surface area contributed by atoms with E-state index in [1.807, 2.05) is 0 Å². The molecule has 1 rings (SSSR count). The summed E-state index contributed by atoms with van der Waals surface area (Å²) in [7, 11) is 1.37. The van der Waals surface area contributed by atoms with Gasteiger partial charge >= 0.3 is 5.97 Å². The van der Waals surface area contributed by atoms with Gasteiger partial charge in [-0.15, -0.1) is 0 Å². The average molecular weight is 213 g/mol. The highest BCUT2D eigenvalue weighted by Gasteiger charge is 2.27. The summed E-state index contributed by atoms with van der Waals surface area (Å²) < 4.78 is 10.1. The number of nitrogens with one attached hydrogen (secondary N) is 1. The van der Waals surface area contributed by atoms with Crippen molar-refractivity contribution in [2.45, 2.75) is 38.3 Å². The molecule has 0 saturated carbocycles. The molecule has 0 radical (unpaired) electrons. The Morgan fingerprint density at radius 2 is 2.33 bits per heavy atom. The first-order valence-corrected chi connectivity index (χ1v) is 5.18. The van der Waals surface area contributed by atoms with Gasteiger partial charge < -0.3 is 14.8 Å². The molecule has 0 aromatic carbocycles. The zero-order chi connectivity index (χ0) is 11.3. The zero-order valence-corrected chi connectivity index (χ0v) is 9.58. The molecule has 1 fully saturated rings. The third-order valence-corrected chi connectivity index (χ3v) is 2.45. The van der Waals surface area contributed by atoms with Gasteiger partial charge in [-0.3, -0.25) is 0 Å². The lowest BCUT2D eigenvalue weighted by atomic mass is 9.94. The lowest BCUT2D eigenvalue weighted by Gasteiger charge is -2.35. The predicted octanol–water partition coefficient (Wildman–Crippen LogP) is 1.22. The minimum Gasteiger partial charge on any atom is -0.466 e. The highest BCUT2D eigenvalue weighted by Crippen LogP contribution is 2.23. The average Bonchev–Trinajstić information content (AvgIpc) is 2.16. The van der Waals surface area contributed by atoms with Crippen LogP contribution in [0.3, 0.4) is 0 Å². The molecule has 1 saturated heterocycles. The van der Waals surface area contributed by atoms with E-state index in [1.165, 1.54) is 13.2 Å². The molecule has 0 amide bonds. The van der Waals surface area contributed by atoms with Crippen LogP contribution in [0.2, 0.25) is 0 Å². The molecule has 0 bridgehead atoms. The Balaban J connectivity index is 2.33. The van der Waals surface area contributed by atoms with E-state index >= 15 is 0 Å². The molecule has 4 heteroatoms. The smallest absolute Gasteiger partial charge is 0.331 e. The summed E-state index contributed by atoms with van der Waals surface area (Å²) in [6, 6.07) is 0.370. The minimum absolute atomic E-state index is 0.0744. The molecule has 1 unspecified atom stereocenters. The van der Waals surface area contributed by atoms with Gasteiger partial charge in [0, 0.05) is 24.9 Å². The van der Waals surface area contributed by atoms with Gasteiger partial charge in [-0.25, -0.2) is 4.79 Å². The summed E-state index contributed by atoms with van der Waals surface area (Å²) in [6.45, 7) is 4.91. The Labute approximate surface area is 90.6 Å². The summed E-state index contributed by atoms with van der Waals surface area (Å²) in [5.41, 5.74) is -0.0744. The quantitative estimate of drug-likeness (QED) is 0.565. The lowest BCUT2D eigenvalue weighted by Crippen LogP contribution is -2.42. The van der Waals surface area contributed by atoms with Crippen molar-refractivity contribution in [1.29, 1.82) is 0 Å². The molecule has 0 aromatic rings. The molecule has 0 aromatic heterocycles. The maximum absolute atomic E-state index is 10.8. The monoisotopic (exact) mass is 213 g/mol. The molecule has 0 spiro atoms. The molecule has 15 heavy (non-hydrogen) atoms. The minimum atomic E-state index is -0.339. The van der Waals surface area contributed by atoms with E-state index in [1.54, 1.807) is 6.20 Å². The SMILES string of the molecule is COC(=O)/C=C/NC1CCOC(C)(C)C1. The van der Waals surface area contributed by atoms with Crippen LogP contribution in [-0.2, 0) is 14.3 Å². The number of carbonyl (C=O) groups excluding carboxylic acids is 1. The first-order chi connectivity index (χ1) is 7.03. The van der Waals surface area contributed by atoms with E-state index < -0.39 is 0 Å². The van der Waals surface area contributed by atoms with Crippen LogP contribution < -0.4 is 5.32 Å². The molecule has 1 N–H and O–H groups in total. The fourth-order valence-corrected chi connectivity index (χ4v) is 1.69. The molecule has 1 aliphatic rings. The van der Waals surface area contributed by atoms with Crippen molar-refractivity contribution in [3.63, 3.8) is 0 Å². The highest BCUT2D eigenvalue weighted by atomic mass is 16.5. The maximum Gasteiger partial charge on any atom is 0.331 e. The number of rotatable bonds is 3. The van der Waals surface area contributed by atoms with Gasteiger partial charge in [-0.05, 0) is 26.7 Å². The van der Waals surface area contributed by atoms with Crippen LogP contribution in [0.25, 0.3) is 0 Å². The van der Waals surface area contributed by atoms with Gasteiger partial charge in [0.1, 0.15) is 0 Å². The topological polar surface area (TPSA) is 47.6 Å². The third-order valence-electron chi connectivity index (χ3n) is 2.45. The Kier molecular flexibility index (Phi) is 4.15. The van der Waals surface area contributed by atoms with Crippen molar-refractivity contribution < 1.29 is 14.3 Å². The summed E-state index contributed by atoms with van der Waals surface area (Å²) in [4.78, 5) is 10.8. The van der Waals surface area contributed by atoms with E-state index in [0.29, 0.717) is 6.04 Å². The van der Waals surface area contributed by atoms with E-state index in [9.17, 15) is 4.79 Å². The fourth-order valence-electron chi connectivity index (χ4n) is 1.69. The van der Waals surface area contributed by atoms with Crippen molar-refractivity contribution >= 4 is 5.97 Å². The lowest BCUT2D eigenvalue weighted by molar-refractivity contribution is -0.134. The second-order valence-corrected chi connectivity index (χ2v) is 4.32. The van der Waals surface area contributed by atoms with Crippen LogP contribution in [0, 0.1) is 0 Å². The summed E-state index contributed by atoms with van der Waals surface area (Å²) in [5.74, 6) is -0.339. The van der Waals surface area contributed by atoms with Gasteiger partial charge in [0.05, 0.1) is 12.7 Å². The highest BCUT2D eigenvalue weighted by molar-refractivity contribution is 5.81. The van der Waals surface area contributed by atoms with E-state index in [-0.39, 0.29) is 11.6 Å². The van der Waals surface area contributed by atoms with Gasteiger partial charge in [0.15, 0.2) is 0 Å². The largest absolute Gasteiger partial charge is 0.466 e. The van der Waals surface area contributed by atoms with E-state index in [4.69, 9.17) is 4.74 Å². The number of esters is 1.